The number of nitrogens with zero attached hydrogens (tertiary/aromatic N) is 2. The van der Waals surface area contributed by atoms with Gasteiger partial charge in [-0.3, -0.25) is 9.36 Å². The minimum absolute atomic E-state index is 0.0362. The molecule has 1 aliphatic carbocycles. The van der Waals surface area contributed by atoms with Gasteiger partial charge in [-0.05, 0) is 61.9 Å². The van der Waals surface area contributed by atoms with Crippen LogP contribution in [0.3, 0.4) is 0 Å². The van der Waals surface area contributed by atoms with E-state index in [1.165, 1.54) is 41.6 Å². The van der Waals surface area contributed by atoms with Crippen molar-refractivity contribution in [3.8, 4) is 11.4 Å². The Hall–Kier alpha value is -2.73. The number of para-hydroxylation sites is 1. The smallest absolute Gasteiger partial charge is 0.230 e. The molecule has 6 heteroatoms. The van der Waals surface area contributed by atoms with E-state index in [-0.39, 0.29) is 5.91 Å². The highest BCUT2D eigenvalue weighted by atomic mass is 32.2. The Kier molecular flexibility index (Phi) is 6.74. The molecule has 0 radical (unpaired) electrons. The molecule has 1 heterocycles. The highest BCUT2D eigenvalue weighted by Gasteiger charge is 2.21. The van der Waals surface area contributed by atoms with Crippen LogP contribution in [0.15, 0.2) is 59.8 Å². The van der Waals surface area contributed by atoms with E-state index in [9.17, 15) is 4.79 Å². The van der Waals surface area contributed by atoms with Crippen LogP contribution < -0.4 is 10.1 Å². The number of imidazole rings is 1. The number of thioether (sulfide) groups is 1. The third kappa shape index (κ3) is 4.87. The fourth-order valence-corrected chi connectivity index (χ4v) is 4.66. The first-order chi connectivity index (χ1) is 14.7. The fourth-order valence-electron chi connectivity index (χ4n) is 3.78. The van der Waals surface area contributed by atoms with Gasteiger partial charge in [-0.25, -0.2) is 4.98 Å². The maximum Gasteiger partial charge on any atom is 0.230 e. The van der Waals surface area contributed by atoms with Crippen LogP contribution in [0.5, 0.6) is 5.75 Å². The monoisotopic (exact) mass is 421 g/mol. The van der Waals surface area contributed by atoms with E-state index in [1.807, 2.05) is 42.5 Å². The van der Waals surface area contributed by atoms with Gasteiger partial charge in [0.05, 0.1) is 18.6 Å². The predicted molar refractivity (Wildman–Crippen MR) is 121 cm³/mol. The van der Waals surface area contributed by atoms with Crippen molar-refractivity contribution < 1.29 is 9.53 Å². The molecule has 0 saturated carbocycles. The lowest BCUT2D eigenvalue weighted by molar-refractivity contribution is -0.118. The third-order valence-electron chi connectivity index (χ3n) is 5.34. The molecular formula is C24H27N3O2S. The summed E-state index contributed by atoms with van der Waals surface area (Å²) in [4.78, 5) is 17.3. The molecule has 5 nitrogen and oxygen atoms in total. The van der Waals surface area contributed by atoms with Gasteiger partial charge in [-0.1, -0.05) is 42.1 Å². The van der Waals surface area contributed by atoms with E-state index in [2.05, 4.69) is 22.0 Å². The lowest BCUT2D eigenvalue weighted by atomic mass is 10.0. The predicted octanol–water partition coefficient (Wildman–Crippen LogP) is 4.21. The van der Waals surface area contributed by atoms with Crippen LogP contribution in [0.25, 0.3) is 5.69 Å². The van der Waals surface area contributed by atoms with Crippen LogP contribution >= 0.6 is 11.8 Å². The van der Waals surface area contributed by atoms with Gasteiger partial charge in [0, 0.05) is 17.9 Å². The molecule has 0 unspecified atom stereocenters. The first-order valence-corrected chi connectivity index (χ1v) is 11.4. The van der Waals surface area contributed by atoms with Gasteiger partial charge in [0.1, 0.15) is 5.75 Å². The molecule has 156 valence electrons. The second-order valence-corrected chi connectivity index (χ2v) is 8.35. The summed E-state index contributed by atoms with van der Waals surface area (Å²) in [6.07, 6.45) is 5.26. The van der Waals surface area contributed by atoms with Crippen LogP contribution in [0, 0.1) is 0 Å². The highest BCUT2D eigenvalue weighted by molar-refractivity contribution is 7.99. The molecule has 0 spiro atoms. The maximum atomic E-state index is 12.4. The number of hydrogen-bond acceptors (Lipinski definition) is 4. The van der Waals surface area contributed by atoms with Crippen LogP contribution in [0.4, 0.5) is 0 Å². The molecular weight excluding hydrogens is 394 g/mol. The third-order valence-corrected chi connectivity index (χ3v) is 6.28. The zero-order chi connectivity index (χ0) is 20.8. The van der Waals surface area contributed by atoms with Gasteiger partial charge in [0.25, 0.3) is 0 Å². The molecule has 30 heavy (non-hydrogen) atoms. The van der Waals surface area contributed by atoms with Crippen LogP contribution in [-0.2, 0) is 24.1 Å². The van der Waals surface area contributed by atoms with E-state index >= 15 is 0 Å². The van der Waals surface area contributed by atoms with Crippen molar-refractivity contribution in [2.45, 2.75) is 37.3 Å². The van der Waals surface area contributed by atoms with Gasteiger partial charge in [-0.15, -0.1) is 0 Å². The normalized spacial score (nSPS) is 13.0. The minimum Gasteiger partial charge on any atom is -0.497 e. The van der Waals surface area contributed by atoms with Gasteiger partial charge < -0.3 is 10.1 Å². The second-order valence-electron chi connectivity index (χ2n) is 7.40. The summed E-state index contributed by atoms with van der Waals surface area (Å²) in [6.45, 7) is 0.620. The highest BCUT2D eigenvalue weighted by Crippen LogP contribution is 2.30. The van der Waals surface area contributed by atoms with Crippen molar-refractivity contribution in [1.82, 2.24) is 14.9 Å². The standard InChI is InChI=1S/C24H27N3O2S/c1-29-20-13-11-18(12-14-20)15-16-25-23(28)17-30-24-26-21-9-5-6-10-22(21)27(24)19-7-3-2-4-8-19/h2-4,7-8,11-14H,5-6,9-10,15-17H2,1H3,(H,25,28). The summed E-state index contributed by atoms with van der Waals surface area (Å²) in [5.41, 5.74) is 4.79. The molecule has 2 aromatic carbocycles. The summed E-state index contributed by atoms with van der Waals surface area (Å²) in [6, 6.07) is 18.3. The van der Waals surface area contributed by atoms with E-state index in [0.717, 1.165) is 35.9 Å². The molecule has 0 bridgehead atoms. The van der Waals surface area contributed by atoms with Crippen LogP contribution in [0.2, 0.25) is 0 Å². The first kappa shape index (κ1) is 20.5. The van der Waals surface area contributed by atoms with Crippen molar-refractivity contribution in [2.24, 2.45) is 0 Å². The van der Waals surface area contributed by atoms with Crippen molar-refractivity contribution in [3.05, 3.63) is 71.5 Å². The average Bonchev–Trinajstić information content (AvgIpc) is 3.17. The molecule has 1 aromatic heterocycles. The van der Waals surface area contributed by atoms with Crippen LogP contribution in [-0.4, -0.2) is 34.9 Å². The van der Waals surface area contributed by atoms with Crippen molar-refractivity contribution >= 4 is 17.7 Å². The number of hydrogen-bond donors (Lipinski definition) is 1. The number of carbonyl (C=O) groups is 1. The zero-order valence-electron chi connectivity index (χ0n) is 17.3. The zero-order valence-corrected chi connectivity index (χ0v) is 18.1. The number of nitrogens with one attached hydrogen (secondary N) is 1. The van der Waals surface area contributed by atoms with Gasteiger partial charge >= 0.3 is 0 Å². The molecule has 4 rings (SSSR count). The van der Waals surface area contributed by atoms with Crippen molar-refractivity contribution in [2.75, 3.05) is 19.4 Å². The molecule has 0 fully saturated rings. The van der Waals surface area contributed by atoms with Crippen molar-refractivity contribution in [1.29, 1.82) is 0 Å². The number of carbonyl (C=O) groups excluding carboxylic acids is 1. The largest absolute Gasteiger partial charge is 0.497 e. The Morgan fingerprint density at radius 2 is 1.87 bits per heavy atom. The van der Waals surface area contributed by atoms with Gasteiger partial charge in [-0.2, -0.15) is 0 Å². The van der Waals surface area contributed by atoms with E-state index < -0.39 is 0 Å². The second kappa shape index (κ2) is 9.85. The molecule has 0 atom stereocenters. The summed E-state index contributed by atoms with van der Waals surface area (Å²) >= 11 is 1.52. The Morgan fingerprint density at radius 3 is 2.63 bits per heavy atom. The molecule has 0 saturated heterocycles. The van der Waals surface area contributed by atoms with Gasteiger partial charge in [0.2, 0.25) is 5.91 Å². The number of aryl methyl sites for hydroxylation is 1. The number of aromatic nitrogens is 2. The molecule has 1 amide bonds. The summed E-state index contributed by atoms with van der Waals surface area (Å²) in [7, 11) is 1.66. The number of amides is 1. The summed E-state index contributed by atoms with van der Waals surface area (Å²) in [5.74, 6) is 1.25. The first-order valence-electron chi connectivity index (χ1n) is 10.4. The van der Waals surface area contributed by atoms with E-state index in [1.54, 1.807) is 7.11 Å². The quantitative estimate of drug-likeness (QED) is 0.554. The molecule has 3 aromatic rings. The maximum absolute atomic E-state index is 12.4. The molecule has 0 aliphatic heterocycles. The molecule has 1 aliphatic rings. The summed E-state index contributed by atoms with van der Waals surface area (Å²) < 4.78 is 7.42. The Morgan fingerprint density at radius 1 is 1.10 bits per heavy atom. The topological polar surface area (TPSA) is 56.1 Å². The number of methoxy groups -OCH3 is 1. The lowest BCUT2D eigenvalue weighted by Crippen LogP contribution is -2.27. The fraction of sp³-hybridized carbons (Fsp3) is 0.333. The Labute approximate surface area is 181 Å². The lowest BCUT2D eigenvalue weighted by Gasteiger charge is -2.15. The van der Waals surface area contributed by atoms with E-state index in [0.29, 0.717) is 12.3 Å². The van der Waals surface area contributed by atoms with E-state index in [4.69, 9.17) is 9.72 Å². The SMILES string of the molecule is COc1ccc(CCNC(=O)CSc2nc3c(n2-c2ccccc2)CCCC3)cc1. The number of benzene rings is 2. The summed E-state index contributed by atoms with van der Waals surface area (Å²) in [5, 5.41) is 3.94. The molecule has 1 N–H and O–H groups in total. The number of rotatable bonds is 8. The minimum atomic E-state index is 0.0362. The van der Waals surface area contributed by atoms with Crippen molar-refractivity contribution in [3.63, 3.8) is 0 Å². The Bertz CT molecular complexity index is 984. The Balaban J connectivity index is 1.36. The average molecular weight is 422 g/mol. The van der Waals surface area contributed by atoms with Gasteiger partial charge in [0.15, 0.2) is 5.16 Å². The number of ether oxygens (including phenoxy) is 1. The van der Waals surface area contributed by atoms with Crippen LogP contribution in [0.1, 0.15) is 29.8 Å². The number of fused-ring (bicyclic) bond motifs is 1.